The Balaban J connectivity index is 1.79. The molecule has 1 heterocycles. The highest BCUT2D eigenvalue weighted by Gasteiger charge is 2.39. The number of rotatable bonds is 6. The fourth-order valence-corrected chi connectivity index (χ4v) is 2.77. The predicted octanol–water partition coefficient (Wildman–Crippen LogP) is 3.63. The Morgan fingerprint density at radius 2 is 1.48 bits per heavy atom. The number of amides is 2. The van der Waals surface area contributed by atoms with Crippen LogP contribution >= 0.6 is 0 Å². The number of fused-ring (bicyclic) bond motifs is 1. The van der Waals surface area contributed by atoms with Gasteiger partial charge in [-0.2, -0.15) is 0 Å². The van der Waals surface area contributed by atoms with Crippen LogP contribution in [-0.4, -0.2) is 22.9 Å². The molecule has 1 aliphatic rings. The van der Waals surface area contributed by atoms with E-state index in [4.69, 9.17) is 4.74 Å². The Hall–Kier alpha value is -2.46. The second-order valence-electron chi connectivity index (χ2n) is 5.57. The van der Waals surface area contributed by atoms with Crippen LogP contribution in [0.15, 0.2) is 54.6 Å². The molecule has 0 fully saturated rings. The summed E-state index contributed by atoms with van der Waals surface area (Å²) in [6, 6.07) is 16.7. The lowest BCUT2D eigenvalue weighted by atomic mass is 10.1. The zero-order valence-corrected chi connectivity index (χ0v) is 13.1. The van der Waals surface area contributed by atoms with E-state index in [2.05, 4.69) is 0 Å². The summed E-state index contributed by atoms with van der Waals surface area (Å²) in [7, 11) is 0. The highest BCUT2D eigenvalue weighted by molar-refractivity contribution is 6.21. The summed E-state index contributed by atoms with van der Waals surface area (Å²) in [6.07, 6.45) is 0.915. The lowest BCUT2D eigenvalue weighted by molar-refractivity contribution is -0.0452. The molecule has 4 nitrogen and oxygen atoms in total. The van der Waals surface area contributed by atoms with E-state index in [0.29, 0.717) is 24.2 Å². The molecule has 0 bridgehead atoms. The lowest BCUT2D eigenvalue weighted by Crippen LogP contribution is -2.41. The first-order valence-electron chi connectivity index (χ1n) is 7.84. The molecule has 0 radical (unpaired) electrons. The highest BCUT2D eigenvalue weighted by atomic mass is 16.5. The number of nitrogens with zero attached hydrogens (tertiary/aromatic N) is 1. The molecule has 0 saturated heterocycles. The van der Waals surface area contributed by atoms with Gasteiger partial charge in [-0.1, -0.05) is 55.8 Å². The average molecular weight is 309 g/mol. The van der Waals surface area contributed by atoms with Crippen LogP contribution in [0.2, 0.25) is 0 Å². The number of carbonyl (C=O) groups is 2. The Labute approximate surface area is 135 Å². The molecule has 0 aromatic heterocycles. The number of carbonyl (C=O) groups excluding carboxylic acids is 2. The predicted molar refractivity (Wildman–Crippen MR) is 86.9 cm³/mol. The van der Waals surface area contributed by atoms with E-state index in [1.165, 1.54) is 4.90 Å². The van der Waals surface area contributed by atoms with Crippen LogP contribution < -0.4 is 0 Å². The maximum absolute atomic E-state index is 12.6. The Morgan fingerprint density at radius 1 is 0.913 bits per heavy atom. The van der Waals surface area contributed by atoms with E-state index < -0.39 is 6.23 Å². The maximum Gasteiger partial charge on any atom is 0.263 e. The van der Waals surface area contributed by atoms with Crippen molar-refractivity contribution in [3.8, 4) is 0 Å². The molecule has 1 unspecified atom stereocenters. The number of hydrogen-bond donors (Lipinski definition) is 0. The van der Waals surface area contributed by atoms with Gasteiger partial charge >= 0.3 is 0 Å². The van der Waals surface area contributed by atoms with Crippen LogP contribution in [-0.2, 0) is 11.3 Å². The molecule has 1 atom stereocenters. The molecule has 23 heavy (non-hydrogen) atoms. The van der Waals surface area contributed by atoms with Crippen LogP contribution in [0.1, 0.15) is 46.0 Å². The highest BCUT2D eigenvalue weighted by Crippen LogP contribution is 2.26. The van der Waals surface area contributed by atoms with Gasteiger partial charge in [0.15, 0.2) is 0 Å². The molecule has 1 aliphatic heterocycles. The Bertz CT molecular complexity index is 677. The van der Waals surface area contributed by atoms with Crippen molar-refractivity contribution in [3.63, 3.8) is 0 Å². The zero-order valence-electron chi connectivity index (χ0n) is 13.1. The van der Waals surface area contributed by atoms with Gasteiger partial charge in [0.25, 0.3) is 11.8 Å². The molecule has 118 valence electrons. The molecule has 3 rings (SSSR count). The molecule has 2 aromatic carbocycles. The summed E-state index contributed by atoms with van der Waals surface area (Å²) in [6.45, 7) is 2.38. The Kier molecular flexibility index (Phi) is 4.53. The zero-order chi connectivity index (χ0) is 16.2. The van der Waals surface area contributed by atoms with Gasteiger partial charge < -0.3 is 4.74 Å². The minimum Gasteiger partial charge on any atom is -0.353 e. The van der Waals surface area contributed by atoms with Gasteiger partial charge in [-0.25, -0.2) is 4.90 Å². The van der Waals surface area contributed by atoms with Crippen LogP contribution in [0.3, 0.4) is 0 Å². The molecular formula is C19H19NO3. The van der Waals surface area contributed by atoms with Gasteiger partial charge in [0.1, 0.15) is 6.23 Å². The van der Waals surface area contributed by atoms with Crippen molar-refractivity contribution < 1.29 is 14.3 Å². The van der Waals surface area contributed by atoms with Gasteiger partial charge in [-0.05, 0) is 24.1 Å². The van der Waals surface area contributed by atoms with E-state index in [9.17, 15) is 9.59 Å². The largest absolute Gasteiger partial charge is 0.353 e. The minimum atomic E-state index is -0.535. The Morgan fingerprint density at radius 3 is 2.04 bits per heavy atom. The van der Waals surface area contributed by atoms with Crippen molar-refractivity contribution in [3.05, 3.63) is 71.3 Å². The van der Waals surface area contributed by atoms with E-state index >= 15 is 0 Å². The monoisotopic (exact) mass is 309 g/mol. The summed E-state index contributed by atoms with van der Waals surface area (Å²) in [5, 5.41) is 0. The van der Waals surface area contributed by atoms with Crippen molar-refractivity contribution in [1.82, 2.24) is 4.90 Å². The SMILES string of the molecule is CCCC(OCc1ccccc1)N1C(=O)c2ccccc2C1=O. The topological polar surface area (TPSA) is 46.6 Å². The molecular weight excluding hydrogens is 290 g/mol. The third-order valence-corrected chi connectivity index (χ3v) is 3.93. The average Bonchev–Trinajstić information content (AvgIpc) is 2.84. The number of imide groups is 1. The van der Waals surface area contributed by atoms with E-state index in [0.717, 1.165) is 12.0 Å². The maximum atomic E-state index is 12.6. The molecule has 0 spiro atoms. The summed E-state index contributed by atoms with van der Waals surface area (Å²) in [4.78, 5) is 26.4. The second-order valence-corrected chi connectivity index (χ2v) is 5.57. The van der Waals surface area contributed by atoms with Gasteiger partial charge in [-0.15, -0.1) is 0 Å². The molecule has 0 aliphatic carbocycles. The normalized spacial score (nSPS) is 14.9. The van der Waals surface area contributed by atoms with Gasteiger partial charge in [0.2, 0.25) is 0 Å². The van der Waals surface area contributed by atoms with Gasteiger partial charge in [-0.3, -0.25) is 9.59 Å². The number of benzene rings is 2. The van der Waals surface area contributed by atoms with Crippen molar-refractivity contribution in [2.24, 2.45) is 0 Å². The van der Waals surface area contributed by atoms with Crippen LogP contribution in [0.5, 0.6) is 0 Å². The second kappa shape index (κ2) is 6.75. The summed E-state index contributed by atoms with van der Waals surface area (Å²) < 4.78 is 5.91. The quantitative estimate of drug-likeness (QED) is 0.766. The van der Waals surface area contributed by atoms with Crippen LogP contribution in [0.25, 0.3) is 0 Å². The standard InChI is InChI=1S/C19H19NO3/c1-2-8-17(23-13-14-9-4-3-5-10-14)20-18(21)15-11-6-7-12-16(15)19(20)22/h3-7,9-12,17H,2,8,13H2,1H3. The van der Waals surface area contributed by atoms with Crippen molar-refractivity contribution >= 4 is 11.8 Å². The van der Waals surface area contributed by atoms with E-state index in [-0.39, 0.29) is 11.8 Å². The van der Waals surface area contributed by atoms with Crippen molar-refractivity contribution in [2.75, 3.05) is 0 Å². The lowest BCUT2D eigenvalue weighted by Gasteiger charge is -2.26. The first-order chi connectivity index (χ1) is 11.2. The molecule has 2 aromatic rings. The molecule has 4 heteroatoms. The van der Waals surface area contributed by atoms with Crippen LogP contribution in [0, 0.1) is 0 Å². The number of ether oxygens (including phenoxy) is 1. The summed E-state index contributed by atoms with van der Waals surface area (Å²) >= 11 is 0. The van der Waals surface area contributed by atoms with Gasteiger partial charge in [0.05, 0.1) is 17.7 Å². The van der Waals surface area contributed by atoms with Gasteiger partial charge in [0, 0.05) is 0 Å². The van der Waals surface area contributed by atoms with E-state index in [1.807, 2.05) is 37.3 Å². The third-order valence-electron chi connectivity index (χ3n) is 3.93. The fraction of sp³-hybridized carbons (Fsp3) is 0.263. The molecule has 2 amide bonds. The first-order valence-corrected chi connectivity index (χ1v) is 7.84. The molecule has 0 saturated carbocycles. The third kappa shape index (κ3) is 3.03. The van der Waals surface area contributed by atoms with E-state index in [1.54, 1.807) is 24.3 Å². The number of hydrogen-bond acceptors (Lipinski definition) is 3. The van der Waals surface area contributed by atoms with Crippen molar-refractivity contribution in [1.29, 1.82) is 0 Å². The summed E-state index contributed by atoms with van der Waals surface area (Å²) in [5.74, 6) is -0.533. The minimum absolute atomic E-state index is 0.267. The summed E-state index contributed by atoms with van der Waals surface area (Å²) in [5.41, 5.74) is 1.94. The smallest absolute Gasteiger partial charge is 0.263 e. The first kappa shape index (κ1) is 15.4. The van der Waals surface area contributed by atoms with Crippen LogP contribution in [0.4, 0.5) is 0 Å². The molecule has 0 N–H and O–H groups in total. The fourth-order valence-electron chi connectivity index (χ4n) is 2.77. The van der Waals surface area contributed by atoms with Crippen molar-refractivity contribution in [2.45, 2.75) is 32.6 Å².